The summed E-state index contributed by atoms with van der Waals surface area (Å²) in [5, 5.41) is 2.99. The summed E-state index contributed by atoms with van der Waals surface area (Å²) in [6, 6.07) is 7.65. The molecule has 1 saturated carbocycles. The van der Waals surface area contributed by atoms with Crippen LogP contribution in [0, 0.1) is 5.41 Å². The summed E-state index contributed by atoms with van der Waals surface area (Å²) in [5.74, 6) is 0.523. The third-order valence-corrected chi connectivity index (χ3v) is 5.34. The van der Waals surface area contributed by atoms with Crippen LogP contribution >= 0.6 is 0 Å². The molecule has 2 aliphatic rings. The van der Waals surface area contributed by atoms with Gasteiger partial charge in [0.2, 0.25) is 11.8 Å². The lowest BCUT2D eigenvalue weighted by molar-refractivity contribution is -0.131. The lowest BCUT2D eigenvalue weighted by Gasteiger charge is -2.21. The van der Waals surface area contributed by atoms with Crippen molar-refractivity contribution < 1.29 is 14.3 Å². The summed E-state index contributed by atoms with van der Waals surface area (Å²) in [6.07, 6.45) is 3.42. The molecule has 0 radical (unpaired) electrons. The largest absolute Gasteiger partial charge is 0.497 e. The first-order chi connectivity index (χ1) is 11.5. The van der Waals surface area contributed by atoms with Crippen LogP contribution in [0.5, 0.6) is 5.75 Å². The van der Waals surface area contributed by atoms with Gasteiger partial charge in [-0.2, -0.15) is 0 Å². The second-order valence-corrected chi connectivity index (χ2v) is 6.84. The van der Waals surface area contributed by atoms with E-state index in [9.17, 15) is 9.59 Å². The highest BCUT2D eigenvalue weighted by molar-refractivity contribution is 5.88. The first kappa shape index (κ1) is 16.6. The zero-order valence-corrected chi connectivity index (χ0v) is 14.2. The standard InChI is InChI=1S/C19H24N2O3/c1-4-17(22)20-16-11-21(12-19(16)9-10-19)18(23)13(2)14-5-7-15(24-3)8-6-14/h4-8,13,16H,1,9-12H2,2-3H3,(H,20,22). The summed E-state index contributed by atoms with van der Waals surface area (Å²) < 4.78 is 5.16. The number of benzene rings is 1. The molecule has 2 atom stereocenters. The van der Waals surface area contributed by atoms with Crippen molar-refractivity contribution in [1.82, 2.24) is 10.2 Å². The van der Waals surface area contributed by atoms with E-state index in [1.54, 1.807) is 7.11 Å². The number of nitrogens with one attached hydrogen (secondary N) is 1. The predicted molar refractivity (Wildman–Crippen MR) is 91.8 cm³/mol. The predicted octanol–water partition coefficient (Wildman–Crippen LogP) is 2.09. The van der Waals surface area contributed by atoms with Crippen molar-refractivity contribution in [3.8, 4) is 5.75 Å². The summed E-state index contributed by atoms with van der Waals surface area (Å²) >= 11 is 0. The Morgan fingerprint density at radius 3 is 2.58 bits per heavy atom. The number of carbonyl (C=O) groups is 2. The third-order valence-electron chi connectivity index (χ3n) is 5.34. The molecule has 1 spiro atoms. The van der Waals surface area contributed by atoms with Gasteiger partial charge in [-0.25, -0.2) is 0 Å². The van der Waals surface area contributed by atoms with E-state index < -0.39 is 0 Å². The number of methoxy groups -OCH3 is 1. The Balaban J connectivity index is 1.68. The van der Waals surface area contributed by atoms with Crippen LogP contribution < -0.4 is 10.1 Å². The number of amides is 2. The van der Waals surface area contributed by atoms with Gasteiger partial charge >= 0.3 is 0 Å². The maximum absolute atomic E-state index is 12.9. The Kier molecular flexibility index (Phi) is 4.35. The summed E-state index contributed by atoms with van der Waals surface area (Å²) in [5.41, 5.74) is 1.05. The van der Waals surface area contributed by atoms with E-state index in [1.807, 2.05) is 36.1 Å². The molecular weight excluding hydrogens is 304 g/mol. The lowest BCUT2D eigenvalue weighted by atomic mass is 9.99. The normalized spacial score (nSPS) is 22.1. The third kappa shape index (κ3) is 3.03. The molecule has 2 unspecified atom stereocenters. The average molecular weight is 328 g/mol. The van der Waals surface area contributed by atoms with Crippen molar-refractivity contribution in [2.24, 2.45) is 5.41 Å². The maximum atomic E-state index is 12.9. The fraction of sp³-hybridized carbons (Fsp3) is 0.474. The molecular formula is C19H24N2O3. The molecule has 3 rings (SSSR count). The molecule has 128 valence electrons. The smallest absolute Gasteiger partial charge is 0.243 e. The quantitative estimate of drug-likeness (QED) is 0.842. The number of likely N-dealkylation sites (tertiary alicyclic amines) is 1. The number of rotatable bonds is 5. The van der Waals surface area contributed by atoms with E-state index >= 15 is 0 Å². The SMILES string of the molecule is C=CC(=O)NC1CN(C(=O)C(C)c2ccc(OC)cc2)CC12CC2. The highest BCUT2D eigenvalue weighted by atomic mass is 16.5. The Labute approximate surface area is 142 Å². The first-order valence-corrected chi connectivity index (χ1v) is 8.35. The number of carbonyl (C=O) groups excluding carboxylic acids is 2. The highest BCUT2D eigenvalue weighted by Crippen LogP contribution is 2.53. The Morgan fingerprint density at radius 1 is 1.38 bits per heavy atom. The van der Waals surface area contributed by atoms with Gasteiger partial charge in [0.15, 0.2) is 0 Å². The molecule has 1 saturated heterocycles. The molecule has 0 aromatic heterocycles. The number of ether oxygens (including phenoxy) is 1. The minimum Gasteiger partial charge on any atom is -0.497 e. The van der Waals surface area contributed by atoms with Gasteiger partial charge in [0.05, 0.1) is 19.1 Å². The van der Waals surface area contributed by atoms with Gasteiger partial charge in [-0.15, -0.1) is 0 Å². The van der Waals surface area contributed by atoms with Gasteiger partial charge in [0, 0.05) is 18.5 Å². The lowest BCUT2D eigenvalue weighted by Crippen LogP contribution is -2.41. The Morgan fingerprint density at radius 2 is 2.04 bits per heavy atom. The van der Waals surface area contributed by atoms with Gasteiger partial charge in [-0.3, -0.25) is 9.59 Å². The average Bonchev–Trinajstić information content (AvgIpc) is 3.30. The number of hydrogen-bond acceptors (Lipinski definition) is 3. The molecule has 1 heterocycles. The van der Waals surface area contributed by atoms with E-state index in [0.29, 0.717) is 6.54 Å². The molecule has 1 aliphatic heterocycles. The van der Waals surface area contributed by atoms with Crippen LogP contribution in [0.3, 0.4) is 0 Å². The number of nitrogens with zero attached hydrogens (tertiary/aromatic N) is 1. The van der Waals surface area contributed by atoms with Crippen molar-refractivity contribution in [3.63, 3.8) is 0 Å². The molecule has 5 nitrogen and oxygen atoms in total. The van der Waals surface area contributed by atoms with Crippen LogP contribution in [-0.2, 0) is 9.59 Å². The van der Waals surface area contributed by atoms with Crippen LogP contribution in [0.15, 0.2) is 36.9 Å². The monoisotopic (exact) mass is 328 g/mol. The molecule has 2 amide bonds. The van der Waals surface area contributed by atoms with E-state index in [0.717, 1.165) is 30.7 Å². The van der Waals surface area contributed by atoms with Crippen LogP contribution in [0.25, 0.3) is 0 Å². The number of hydrogen-bond donors (Lipinski definition) is 1. The van der Waals surface area contributed by atoms with Crippen LogP contribution in [-0.4, -0.2) is 43.0 Å². The van der Waals surface area contributed by atoms with Crippen LogP contribution in [0.1, 0.15) is 31.2 Å². The Bertz CT molecular complexity index is 649. The van der Waals surface area contributed by atoms with Crippen molar-refractivity contribution >= 4 is 11.8 Å². The molecule has 1 N–H and O–H groups in total. The van der Waals surface area contributed by atoms with E-state index in [4.69, 9.17) is 4.74 Å². The van der Waals surface area contributed by atoms with Crippen molar-refractivity contribution in [1.29, 1.82) is 0 Å². The minimum absolute atomic E-state index is 0.0371. The van der Waals surface area contributed by atoms with E-state index in [2.05, 4.69) is 11.9 Å². The zero-order chi connectivity index (χ0) is 17.3. The van der Waals surface area contributed by atoms with Gasteiger partial charge in [0.25, 0.3) is 0 Å². The van der Waals surface area contributed by atoms with Gasteiger partial charge < -0.3 is 15.0 Å². The molecule has 2 fully saturated rings. The summed E-state index contributed by atoms with van der Waals surface area (Å²) in [7, 11) is 1.63. The maximum Gasteiger partial charge on any atom is 0.243 e. The molecule has 1 aromatic carbocycles. The second-order valence-electron chi connectivity index (χ2n) is 6.84. The van der Waals surface area contributed by atoms with Crippen molar-refractivity contribution in [3.05, 3.63) is 42.5 Å². The van der Waals surface area contributed by atoms with E-state index in [1.165, 1.54) is 6.08 Å². The van der Waals surface area contributed by atoms with Crippen molar-refractivity contribution in [2.75, 3.05) is 20.2 Å². The van der Waals surface area contributed by atoms with Crippen LogP contribution in [0.4, 0.5) is 0 Å². The molecule has 24 heavy (non-hydrogen) atoms. The van der Waals surface area contributed by atoms with Crippen molar-refractivity contribution in [2.45, 2.75) is 31.7 Å². The van der Waals surface area contributed by atoms with Gasteiger partial charge in [-0.1, -0.05) is 18.7 Å². The second kappa shape index (κ2) is 6.30. The fourth-order valence-electron chi connectivity index (χ4n) is 3.54. The minimum atomic E-state index is -0.208. The topological polar surface area (TPSA) is 58.6 Å². The molecule has 5 heteroatoms. The van der Waals surface area contributed by atoms with Gasteiger partial charge in [0.1, 0.15) is 5.75 Å². The van der Waals surface area contributed by atoms with Crippen LogP contribution in [0.2, 0.25) is 0 Å². The summed E-state index contributed by atoms with van der Waals surface area (Å²) in [4.78, 5) is 26.4. The highest BCUT2D eigenvalue weighted by Gasteiger charge is 2.56. The summed E-state index contributed by atoms with van der Waals surface area (Å²) in [6.45, 7) is 6.75. The molecule has 1 aliphatic carbocycles. The van der Waals surface area contributed by atoms with Gasteiger partial charge in [-0.05, 0) is 43.5 Å². The molecule has 1 aromatic rings. The fourth-order valence-corrected chi connectivity index (χ4v) is 3.54. The Hall–Kier alpha value is -2.30. The zero-order valence-electron chi connectivity index (χ0n) is 14.2. The first-order valence-electron chi connectivity index (χ1n) is 8.35. The van der Waals surface area contributed by atoms with E-state index in [-0.39, 0.29) is 29.2 Å². The molecule has 0 bridgehead atoms.